The first-order valence-electron chi connectivity index (χ1n) is 12.8. The summed E-state index contributed by atoms with van der Waals surface area (Å²) in [7, 11) is 1.49. The van der Waals surface area contributed by atoms with Gasteiger partial charge in [0.1, 0.15) is 5.82 Å². The summed E-state index contributed by atoms with van der Waals surface area (Å²) >= 11 is 0. The van der Waals surface area contributed by atoms with Crippen molar-refractivity contribution in [3.63, 3.8) is 0 Å². The van der Waals surface area contributed by atoms with E-state index in [1.54, 1.807) is 17.9 Å². The molecule has 1 N–H and O–H groups in total. The normalized spacial score (nSPS) is 20.4. The fraction of sp³-hybridized carbons (Fsp3) is 0.393. The molecule has 40 heavy (non-hydrogen) atoms. The second-order valence-electron chi connectivity index (χ2n) is 9.70. The molecule has 8 nitrogen and oxygen atoms in total. The number of esters is 1. The van der Waals surface area contributed by atoms with E-state index in [1.807, 2.05) is 11.8 Å². The van der Waals surface area contributed by atoms with Crippen LogP contribution in [0.1, 0.15) is 41.4 Å². The van der Waals surface area contributed by atoms with Crippen LogP contribution < -0.4 is 5.32 Å². The van der Waals surface area contributed by atoms with Gasteiger partial charge in [0.2, 0.25) is 0 Å². The first kappa shape index (κ1) is 29.1. The van der Waals surface area contributed by atoms with Crippen molar-refractivity contribution in [2.45, 2.75) is 32.1 Å². The van der Waals surface area contributed by atoms with Gasteiger partial charge in [0.25, 0.3) is 5.91 Å². The average molecular weight is 563 g/mol. The summed E-state index contributed by atoms with van der Waals surface area (Å²) in [4.78, 5) is 43.9. The number of nitrogens with one attached hydrogen (secondary N) is 1. The Morgan fingerprint density at radius 1 is 1.07 bits per heavy atom. The minimum Gasteiger partial charge on any atom is -0.463 e. The maximum Gasteiger partial charge on any atom is 0.416 e. The van der Waals surface area contributed by atoms with Crippen LogP contribution in [0.2, 0.25) is 0 Å². The Morgan fingerprint density at radius 3 is 2.35 bits per heavy atom. The van der Waals surface area contributed by atoms with Crippen LogP contribution in [0.15, 0.2) is 59.8 Å². The molecule has 0 bridgehead atoms. The zero-order valence-corrected chi connectivity index (χ0v) is 22.3. The molecule has 2 aromatic carbocycles. The highest BCUT2D eigenvalue weighted by Crippen LogP contribution is 2.34. The lowest BCUT2D eigenvalue weighted by molar-refractivity contribution is -0.139. The predicted molar refractivity (Wildman–Crippen MR) is 137 cm³/mol. The van der Waals surface area contributed by atoms with Crippen LogP contribution in [-0.4, -0.2) is 78.5 Å². The lowest BCUT2D eigenvalue weighted by Gasteiger charge is -2.42. The minimum absolute atomic E-state index is 0.0156. The molecule has 0 aliphatic carbocycles. The van der Waals surface area contributed by atoms with Crippen molar-refractivity contribution in [1.82, 2.24) is 20.0 Å². The molecule has 1 fully saturated rings. The van der Waals surface area contributed by atoms with Gasteiger partial charge in [0.15, 0.2) is 0 Å². The number of halogens is 4. The number of likely N-dealkylation sites (N-methyl/N-ethyl adjacent to an activating group) is 1. The lowest BCUT2D eigenvalue weighted by Crippen LogP contribution is -2.56. The summed E-state index contributed by atoms with van der Waals surface area (Å²) in [6, 6.07) is 8.16. The van der Waals surface area contributed by atoms with Gasteiger partial charge in [-0.05, 0) is 43.7 Å². The number of piperazine rings is 1. The summed E-state index contributed by atoms with van der Waals surface area (Å²) in [5.41, 5.74) is -0.120. The van der Waals surface area contributed by atoms with Crippen LogP contribution in [0.4, 0.5) is 22.4 Å². The van der Waals surface area contributed by atoms with Crippen molar-refractivity contribution in [1.29, 1.82) is 0 Å². The third kappa shape index (κ3) is 5.96. The van der Waals surface area contributed by atoms with Crippen LogP contribution >= 0.6 is 0 Å². The van der Waals surface area contributed by atoms with E-state index in [-0.39, 0.29) is 36.9 Å². The van der Waals surface area contributed by atoms with Crippen molar-refractivity contribution in [2.24, 2.45) is 0 Å². The molecule has 0 radical (unpaired) electrons. The van der Waals surface area contributed by atoms with Crippen LogP contribution in [0.3, 0.4) is 0 Å². The Hall–Kier alpha value is -3.93. The van der Waals surface area contributed by atoms with E-state index < -0.39 is 41.5 Å². The van der Waals surface area contributed by atoms with Gasteiger partial charge in [0.05, 0.1) is 29.3 Å². The first-order chi connectivity index (χ1) is 18.9. The van der Waals surface area contributed by atoms with E-state index in [4.69, 9.17) is 4.74 Å². The minimum atomic E-state index is -4.54. The molecule has 2 aliphatic heterocycles. The van der Waals surface area contributed by atoms with Gasteiger partial charge in [-0.15, -0.1) is 0 Å². The number of urea groups is 1. The number of carbonyl (C=O) groups excluding carboxylic acids is 3. The monoisotopic (exact) mass is 562 g/mol. The van der Waals surface area contributed by atoms with Gasteiger partial charge in [-0.1, -0.05) is 24.3 Å². The summed E-state index contributed by atoms with van der Waals surface area (Å²) in [6.07, 6.45) is -4.54. The van der Waals surface area contributed by atoms with Gasteiger partial charge in [0, 0.05) is 45.0 Å². The molecule has 0 saturated carbocycles. The molecule has 2 aromatic rings. The molecule has 2 heterocycles. The third-order valence-corrected chi connectivity index (χ3v) is 7.09. The molecule has 3 amide bonds. The highest BCUT2D eigenvalue weighted by atomic mass is 19.4. The fourth-order valence-corrected chi connectivity index (χ4v) is 4.99. The predicted octanol–water partition coefficient (Wildman–Crippen LogP) is 4.20. The summed E-state index contributed by atoms with van der Waals surface area (Å²) in [5.74, 6) is -1.72. The molecule has 2 atom stereocenters. The van der Waals surface area contributed by atoms with Gasteiger partial charge in [-0.25, -0.2) is 14.0 Å². The highest BCUT2D eigenvalue weighted by molar-refractivity contribution is 5.95. The second kappa shape index (κ2) is 11.7. The smallest absolute Gasteiger partial charge is 0.416 e. The van der Waals surface area contributed by atoms with Crippen molar-refractivity contribution >= 4 is 17.9 Å². The molecule has 0 aromatic heterocycles. The van der Waals surface area contributed by atoms with Crippen LogP contribution in [0, 0.1) is 5.82 Å². The van der Waals surface area contributed by atoms with Gasteiger partial charge < -0.3 is 15.0 Å². The Balaban J connectivity index is 1.62. The topological polar surface area (TPSA) is 82.2 Å². The maximum absolute atomic E-state index is 14.2. The van der Waals surface area contributed by atoms with Gasteiger partial charge >= 0.3 is 18.2 Å². The molecule has 1 saturated heterocycles. The molecular formula is C28H30F4N4O4. The number of benzene rings is 2. The van der Waals surface area contributed by atoms with Crippen LogP contribution in [0.5, 0.6) is 0 Å². The summed E-state index contributed by atoms with van der Waals surface area (Å²) < 4.78 is 58.9. The van der Waals surface area contributed by atoms with Crippen molar-refractivity contribution in [3.05, 3.63) is 82.3 Å². The maximum atomic E-state index is 14.2. The molecule has 12 heteroatoms. The average Bonchev–Trinajstić information content (AvgIpc) is 2.91. The zero-order valence-electron chi connectivity index (χ0n) is 22.3. The fourth-order valence-electron chi connectivity index (χ4n) is 4.99. The number of hydrogen-bond acceptors (Lipinski definition) is 5. The largest absolute Gasteiger partial charge is 0.463 e. The number of ether oxygens (including phenoxy) is 1. The van der Waals surface area contributed by atoms with Crippen molar-refractivity contribution < 1.29 is 36.7 Å². The lowest BCUT2D eigenvalue weighted by atomic mass is 9.93. The van der Waals surface area contributed by atoms with Gasteiger partial charge in [-0.3, -0.25) is 14.6 Å². The van der Waals surface area contributed by atoms with E-state index in [0.29, 0.717) is 24.4 Å². The van der Waals surface area contributed by atoms with E-state index in [0.717, 1.165) is 12.1 Å². The molecule has 2 aliphatic rings. The molecule has 2 unspecified atom stereocenters. The molecule has 214 valence electrons. The summed E-state index contributed by atoms with van der Waals surface area (Å²) in [6.45, 7) is 4.69. The molecule has 0 spiro atoms. The second-order valence-corrected chi connectivity index (χ2v) is 9.70. The van der Waals surface area contributed by atoms with Crippen LogP contribution in [-0.2, 0) is 15.7 Å². The van der Waals surface area contributed by atoms with E-state index in [2.05, 4.69) is 5.32 Å². The number of carbonyl (C=O) groups is 3. The Bertz CT molecular complexity index is 1310. The third-order valence-electron chi connectivity index (χ3n) is 7.09. The first-order valence-corrected chi connectivity index (χ1v) is 12.8. The standard InChI is InChI=1S/C28H30F4N4O4/c1-4-40-26(38)23-22(34(3)27(39)33-24(23)18-9-11-19(12-10-18)28(30,31)32)16-35-13-14-36(17(2)15-35)25(37)20-7-5-6-8-21(20)29/h5-12,17,24H,4,13-16H2,1-3H3,(H,33,39). The van der Waals surface area contributed by atoms with Crippen molar-refractivity contribution in [3.8, 4) is 0 Å². The van der Waals surface area contributed by atoms with Crippen molar-refractivity contribution in [2.75, 3.05) is 39.8 Å². The van der Waals surface area contributed by atoms with E-state index in [1.165, 1.54) is 42.3 Å². The number of rotatable bonds is 6. The Kier molecular flexibility index (Phi) is 8.48. The Morgan fingerprint density at radius 2 is 1.75 bits per heavy atom. The number of hydrogen-bond donors (Lipinski definition) is 1. The number of alkyl halides is 3. The SMILES string of the molecule is CCOC(=O)C1=C(CN2CCN(C(=O)c3ccccc3F)C(C)C2)N(C)C(=O)NC1c1ccc(C(F)(F)F)cc1. The van der Waals surface area contributed by atoms with E-state index >= 15 is 0 Å². The van der Waals surface area contributed by atoms with E-state index in [9.17, 15) is 31.9 Å². The quantitative estimate of drug-likeness (QED) is 0.422. The molecule has 4 rings (SSSR count). The number of nitrogens with zero attached hydrogens (tertiary/aromatic N) is 3. The molecular weight excluding hydrogens is 532 g/mol. The zero-order chi connectivity index (χ0) is 29.2. The van der Waals surface area contributed by atoms with Gasteiger partial charge in [-0.2, -0.15) is 13.2 Å². The summed E-state index contributed by atoms with van der Waals surface area (Å²) in [5, 5.41) is 2.69. The highest BCUT2D eigenvalue weighted by Gasteiger charge is 2.39. The van der Waals surface area contributed by atoms with Crippen LogP contribution in [0.25, 0.3) is 0 Å². The Labute approximate surface area is 229 Å². The number of amides is 3.